The van der Waals surface area contributed by atoms with Crippen molar-refractivity contribution in [2.75, 3.05) is 6.61 Å². The van der Waals surface area contributed by atoms with Crippen molar-refractivity contribution < 1.29 is 19.4 Å². The van der Waals surface area contributed by atoms with Crippen LogP contribution in [0.25, 0.3) is 0 Å². The zero-order chi connectivity index (χ0) is 10.8. The first-order valence-corrected chi connectivity index (χ1v) is 4.95. The van der Waals surface area contributed by atoms with Gasteiger partial charge in [-0.05, 0) is 26.7 Å². The molecule has 0 saturated carbocycles. The SMILES string of the molecule is CC(CCC1COC(C)(C)O1)C(=O)O. The average Bonchev–Trinajstić information content (AvgIpc) is 2.41. The van der Waals surface area contributed by atoms with Gasteiger partial charge in [0.15, 0.2) is 5.79 Å². The molecule has 2 atom stereocenters. The lowest BCUT2D eigenvalue weighted by molar-refractivity contribution is -0.143. The van der Waals surface area contributed by atoms with E-state index < -0.39 is 11.8 Å². The van der Waals surface area contributed by atoms with E-state index in [1.165, 1.54) is 0 Å². The van der Waals surface area contributed by atoms with E-state index in [4.69, 9.17) is 14.6 Å². The molecule has 0 aliphatic carbocycles. The third kappa shape index (κ3) is 3.27. The van der Waals surface area contributed by atoms with Gasteiger partial charge in [-0.25, -0.2) is 0 Å². The van der Waals surface area contributed by atoms with E-state index in [0.717, 1.165) is 6.42 Å². The molecular weight excluding hydrogens is 184 g/mol. The highest BCUT2D eigenvalue weighted by molar-refractivity contribution is 5.69. The first-order valence-electron chi connectivity index (χ1n) is 4.95. The fraction of sp³-hybridized carbons (Fsp3) is 0.900. The summed E-state index contributed by atoms with van der Waals surface area (Å²) in [6.07, 6.45) is 1.43. The molecule has 0 amide bonds. The molecule has 1 saturated heterocycles. The third-order valence-electron chi connectivity index (χ3n) is 2.41. The first-order chi connectivity index (χ1) is 6.41. The lowest BCUT2D eigenvalue weighted by Crippen LogP contribution is -2.22. The Balaban J connectivity index is 2.24. The van der Waals surface area contributed by atoms with Crippen molar-refractivity contribution in [1.29, 1.82) is 0 Å². The van der Waals surface area contributed by atoms with Gasteiger partial charge in [0.05, 0.1) is 18.6 Å². The average molecular weight is 202 g/mol. The number of carboxylic acids is 1. The summed E-state index contributed by atoms with van der Waals surface area (Å²) >= 11 is 0. The molecule has 0 spiro atoms. The zero-order valence-electron chi connectivity index (χ0n) is 8.95. The fourth-order valence-corrected chi connectivity index (χ4v) is 1.46. The summed E-state index contributed by atoms with van der Waals surface area (Å²) in [4.78, 5) is 10.6. The molecule has 1 rings (SSSR count). The van der Waals surface area contributed by atoms with Crippen molar-refractivity contribution in [3.8, 4) is 0 Å². The summed E-state index contributed by atoms with van der Waals surface area (Å²) in [7, 11) is 0. The van der Waals surface area contributed by atoms with Crippen LogP contribution in [0.15, 0.2) is 0 Å². The van der Waals surface area contributed by atoms with Gasteiger partial charge in [0, 0.05) is 0 Å². The molecule has 0 aromatic rings. The largest absolute Gasteiger partial charge is 0.481 e. The van der Waals surface area contributed by atoms with Crippen LogP contribution in [-0.4, -0.2) is 29.6 Å². The van der Waals surface area contributed by atoms with Crippen molar-refractivity contribution >= 4 is 5.97 Å². The van der Waals surface area contributed by atoms with Crippen LogP contribution in [0.1, 0.15) is 33.6 Å². The molecule has 4 heteroatoms. The van der Waals surface area contributed by atoms with Gasteiger partial charge in [-0.2, -0.15) is 0 Å². The molecule has 0 aromatic heterocycles. The standard InChI is InChI=1S/C10H18O4/c1-7(9(11)12)4-5-8-6-13-10(2,3)14-8/h7-8H,4-6H2,1-3H3,(H,11,12). The summed E-state index contributed by atoms with van der Waals surface area (Å²) in [5.41, 5.74) is 0. The Hall–Kier alpha value is -0.610. The molecule has 0 radical (unpaired) electrons. The van der Waals surface area contributed by atoms with E-state index in [0.29, 0.717) is 13.0 Å². The fourth-order valence-electron chi connectivity index (χ4n) is 1.46. The van der Waals surface area contributed by atoms with E-state index in [1.807, 2.05) is 13.8 Å². The van der Waals surface area contributed by atoms with E-state index in [9.17, 15) is 4.79 Å². The topological polar surface area (TPSA) is 55.8 Å². The Morgan fingerprint density at radius 3 is 2.71 bits per heavy atom. The van der Waals surface area contributed by atoms with Gasteiger partial charge in [0.1, 0.15) is 0 Å². The monoisotopic (exact) mass is 202 g/mol. The van der Waals surface area contributed by atoms with E-state index in [-0.39, 0.29) is 12.0 Å². The minimum Gasteiger partial charge on any atom is -0.481 e. The molecule has 2 unspecified atom stereocenters. The van der Waals surface area contributed by atoms with Gasteiger partial charge >= 0.3 is 5.97 Å². The van der Waals surface area contributed by atoms with Crippen LogP contribution in [0.3, 0.4) is 0 Å². The van der Waals surface area contributed by atoms with Crippen molar-refractivity contribution in [3.63, 3.8) is 0 Å². The predicted octanol–water partition coefficient (Wildman–Crippen LogP) is 1.64. The predicted molar refractivity (Wildman–Crippen MR) is 50.9 cm³/mol. The molecule has 1 heterocycles. The maximum atomic E-state index is 10.6. The number of carbonyl (C=O) groups is 1. The molecular formula is C10H18O4. The van der Waals surface area contributed by atoms with Crippen LogP contribution in [0.2, 0.25) is 0 Å². The van der Waals surface area contributed by atoms with Crippen LogP contribution in [0, 0.1) is 5.92 Å². The molecule has 0 aromatic carbocycles. The van der Waals surface area contributed by atoms with Gasteiger partial charge in [-0.3, -0.25) is 4.79 Å². The minimum absolute atomic E-state index is 0.0480. The number of rotatable bonds is 4. The highest BCUT2D eigenvalue weighted by Crippen LogP contribution is 2.25. The molecule has 1 aliphatic rings. The lowest BCUT2D eigenvalue weighted by Gasteiger charge is -2.17. The summed E-state index contributed by atoms with van der Waals surface area (Å²) in [6, 6.07) is 0. The second-order valence-corrected chi connectivity index (χ2v) is 4.27. The zero-order valence-corrected chi connectivity index (χ0v) is 8.95. The van der Waals surface area contributed by atoms with E-state index >= 15 is 0 Å². The molecule has 1 aliphatic heterocycles. The maximum Gasteiger partial charge on any atom is 0.306 e. The van der Waals surface area contributed by atoms with Crippen LogP contribution >= 0.6 is 0 Å². The van der Waals surface area contributed by atoms with Crippen molar-refractivity contribution in [2.45, 2.75) is 45.5 Å². The summed E-state index contributed by atoms with van der Waals surface area (Å²) in [5, 5.41) is 8.69. The first kappa shape index (κ1) is 11.5. The van der Waals surface area contributed by atoms with Crippen LogP contribution < -0.4 is 0 Å². The molecule has 1 fully saturated rings. The minimum atomic E-state index is -0.747. The maximum absolute atomic E-state index is 10.6. The Labute approximate surface area is 84.2 Å². The Kier molecular flexibility index (Phi) is 3.50. The molecule has 4 nitrogen and oxygen atoms in total. The van der Waals surface area contributed by atoms with Gasteiger partial charge in [-0.15, -0.1) is 0 Å². The number of aliphatic carboxylic acids is 1. The second-order valence-electron chi connectivity index (χ2n) is 4.27. The smallest absolute Gasteiger partial charge is 0.306 e. The third-order valence-corrected chi connectivity index (χ3v) is 2.41. The number of ether oxygens (including phenoxy) is 2. The van der Waals surface area contributed by atoms with E-state index in [1.54, 1.807) is 6.92 Å². The van der Waals surface area contributed by atoms with Gasteiger partial charge in [0.25, 0.3) is 0 Å². The molecule has 82 valence electrons. The van der Waals surface area contributed by atoms with Gasteiger partial charge in [0.2, 0.25) is 0 Å². The van der Waals surface area contributed by atoms with Gasteiger partial charge < -0.3 is 14.6 Å². The number of carboxylic acid groups (broad SMARTS) is 1. The number of hydrogen-bond donors (Lipinski definition) is 1. The highest BCUT2D eigenvalue weighted by Gasteiger charge is 2.32. The Morgan fingerprint density at radius 2 is 2.29 bits per heavy atom. The molecule has 0 bridgehead atoms. The van der Waals surface area contributed by atoms with Crippen LogP contribution in [0.5, 0.6) is 0 Å². The lowest BCUT2D eigenvalue weighted by atomic mass is 10.0. The van der Waals surface area contributed by atoms with Crippen LogP contribution in [0.4, 0.5) is 0 Å². The van der Waals surface area contributed by atoms with E-state index in [2.05, 4.69) is 0 Å². The second kappa shape index (κ2) is 4.28. The van der Waals surface area contributed by atoms with Crippen molar-refractivity contribution in [3.05, 3.63) is 0 Å². The number of hydrogen-bond acceptors (Lipinski definition) is 3. The summed E-state index contributed by atoms with van der Waals surface area (Å²) in [5.74, 6) is -1.55. The van der Waals surface area contributed by atoms with Crippen LogP contribution in [-0.2, 0) is 14.3 Å². The quantitative estimate of drug-likeness (QED) is 0.753. The highest BCUT2D eigenvalue weighted by atomic mass is 16.7. The molecule has 14 heavy (non-hydrogen) atoms. The summed E-state index contributed by atoms with van der Waals surface area (Å²) in [6.45, 7) is 6.02. The Bertz CT molecular complexity index is 212. The summed E-state index contributed by atoms with van der Waals surface area (Å²) < 4.78 is 10.9. The normalized spacial score (nSPS) is 27.5. The molecule has 1 N–H and O–H groups in total. The van der Waals surface area contributed by atoms with Crippen molar-refractivity contribution in [2.24, 2.45) is 5.92 Å². The van der Waals surface area contributed by atoms with Gasteiger partial charge in [-0.1, -0.05) is 6.92 Å². The Morgan fingerprint density at radius 1 is 1.64 bits per heavy atom. The van der Waals surface area contributed by atoms with Crippen molar-refractivity contribution in [1.82, 2.24) is 0 Å².